The second-order valence-corrected chi connectivity index (χ2v) is 3.09. The van der Waals surface area contributed by atoms with Gasteiger partial charge in [0, 0.05) is 7.11 Å². The van der Waals surface area contributed by atoms with E-state index in [0.29, 0.717) is 0 Å². The molecule has 0 fully saturated rings. The van der Waals surface area contributed by atoms with Gasteiger partial charge in [0.25, 0.3) is 0 Å². The summed E-state index contributed by atoms with van der Waals surface area (Å²) in [5.41, 5.74) is 3.93. The second-order valence-electron chi connectivity index (χ2n) is 3.09. The fourth-order valence-corrected chi connectivity index (χ4v) is 1.71. The van der Waals surface area contributed by atoms with Crippen molar-refractivity contribution < 1.29 is 4.74 Å². The summed E-state index contributed by atoms with van der Waals surface area (Å²) in [6, 6.07) is 8.38. The van der Waals surface area contributed by atoms with Crippen LogP contribution < -0.4 is 0 Å². The fourth-order valence-electron chi connectivity index (χ4n) is 1.71. The Kier molecular flexibility index (Phi) is 1.74. The predicted octanol–water partition coefficient (Wildman–Crippen LogP) is 2.79. The summed E-state index contributed by atoms with van der Waals surface area (Å²) >= 11 is 0. The average molecular weight is 160 g/mol. The minimum absolute atomic E-state index is 0.168. The molecule has 0 spiro atoms. The summed E-state index contributed by atoms with van der Waals surface area (Å²) < 4.78 is 5.33. The molecule has 0 unspecified atom stereocenters. The number of allylic oxidation sites excluding steroid dienone is 1. The van der Waals surface area contributed by atoms with Crippen LogP contribution in [-0.4, -0.2) is 7.11 Å². The van der Waals surface area contributed by atoms with Gasteiger partial charge in [0.05, 0.1) is 0 Å². The first-order valence-electron chi connectivity index (χ1n) is 4.13. The van der Waals surface area contributed by atoms with Crippen LogP contribution in [0.25, 0.3) is 5.57 Å². The lowest BCUT2D eigenvalue weighted by Gasteiger charge is -2.07. The van der Waals surface area contributed by atoms with E-state index in [9.17, 15) is 0 Å². The summed E-state index contributed by atoms with van der Waals surface area (Å²) in [7, 11) is 1.75. The van der Waals surface area contributed by atoms with Gasteiger partial charge in [0.1, 0.15) is 6.10 Å². The van der Waals surface area contributed by atoms with Gasteiger partial charge in [-0.3, -0.25) is 0 Å². The molecule has 1 aromatic rings. The number of benzene rings is 1. The van der Waals surface area contributed by atoms with Crippen molar-refractivity contribution in [3.63, 3.8) is 0 Å². The highest BCUT2D eigenvalue weighted by molar-refractivity contribution is 5.72. The number of rotatable bonds is 1. The standard InChI is InChI=1S/C11H12O/c1-8-7-11(12-2)10-6-4-3-5-9(8)10/h3-7,11H,1-2H3/t11-/m1/s1. The van der Waals surface area contributed by atoms with Crippen LogP contribution >= 0.6 is 0 Å². The maximum Gasteiger partial charge on any atom is 0.101 e. The van der Waals surface area contributed by atoms with Crippen molar-refractivity contribution in [1.29, 1.82) is 0 Å². The molecule has 0 N–H and O–H groups in total. The maximum atomic E-state index is 5.33. The molecule has 0 radical (unpaired) electrons. The van der Waals surface area contributed by atoms with E-state index in [4.69, 9.17) is 4.74 Å². The maximum absolute atomic E-state index is 5.33. The van der Waals surface area contributed by atoms with E-state index in [1.807, 2.05) is 0 Å². The monoisotopic (exact) mass is 160 g/mol. The third kappa shape index (κ3) is 0.978. The van der Waals surface area contributed by atoms with Crippen molar-refractivity contribution in [3.8, 4) is 0 Å². The van der Waals surface area contributed by atoms with E-state index < -0.39 is 0 Å². The van der Waals surface area contributed by atoms with Gasteiger partial charge in [0.15, 0.2) is 0 Å². The van der Waals surface area contributed by atoms with Crippen molar-refractivity contribution in [1.82, 2.24) is 0 Å². The van der Waals surface area contributed by atoms with Crippen LogP contribution in [0.15, 0.2) is 30.3 Å². The third-order valence-electron chi connectivity index (χ3n) is 2.35. The number of methoxy groups -OCH3 is 1. The second kappa shape index (κ2) is 2.76. The highest BCUT2D eigenvalue weighted by Crippen LogP contribution is 2.35. The first-order valence-corrected chi connectivity index (χ1v) is 4.13. The largest absolute Gasteiger partial charge is 0.373 e. The van der Waals surface area contributed by atoms with E-state index >= 15 is 0 Å². The quantitative estimate of drug-likeness (QED) is 0.613. The number of fused-ring (bicyclic) bond motifs is 1. The Bertz CT molecular complexity index is 326. The Hall–Kier alpha value is -1.08. The number of ether oxygens (including phenoxy) is 1. The summed E-state index contributed by atoms with van der Waals surface area (Å²) in [6.07, 6.45) is 2.33. The molecule has 1 nitrogen and oxygen atoms in total. The molecular weight excluding hydrogens is 148 g/mol. The van der Waals surface area contributed by atoms with Crippen LogP contribution in [0.4, 0.5) is 0 Å². The van der Waals surface area contributed by atoms with Gasteiger partial charge in [-0.25, -0.2) is 0 Å². The van der Waals surface area contributed by atoms with E-state index in [1.54, 1.807) is 7.11 Å². The van der Waals surface area contributed by atoms with E-state index in [2.05, 4.69) is 37.3 Å². The van der Waals surface area contributed by atoms with Crippen LogP contribution in [0, 0.1) is 0 Å². The molecule has 0 amide bonds. The topological polar surface area (TPSA) is 9.23 Å². The zero-order chi connectivity index (χ0) is 8.55. The average Bonchev–Trinajstić information content (AvgIpc) is 2.44. The Morgan fingerprint density at radius 3 is 2.75 bits per heavy atom. The first-order chi connectivity index (χ1) is 5.83. The summed E-state index contributed by atoms with van der Waals surface area (Å²) in [6.45, 7) is 2.12. The van der Waals surface area contributed by atoms with Crippen molar-refractivity contribution >= 4 is 5.57 Å². The Morgan fingerprint density at radius 1 is 1.25 bits per heavy atom. The first kappa shape index (κ1) is 7.56. The molecule has 0 bridgehead atoms. The molecular formula is C11H12O. The molecule has 0 aromatic heterocycles. The van der Waals surface area contributed by atoms with Gasteiger partial charge in [-0.05, 0) is 29.7 Å². The van der Waals surface area contributed by atoms with Crippen LogP contribution in [0.2, 0.25) is 0 Å². The molecule has 1 aliphatic carbocycles. The van der Waals surface area contributed by atoms with Gasteiger partial charge in [-0.15, -0.1) is 0 Å². The van der Waals surface area contributed by atoms with Crippen LogP contribution in [0.5, 0.6) is 0 Å². The van der Waals surface area contributed by atoms with Crippen LogP contribution in [0.1, 0.15) is 24.2 Å². The van der Waals surface area contributed by atoms with Crippen molar-refractivity contribution in [2.45, 2.75) is 13.0 Å². The van der Waals surface area contributed by atoms with Crippen molar-refractivity contribution in [2.24, 2.45) is 0 Å². The Balaban J connectivity index is 2.52. The van der Waals surface area contributed by atoms with Gasteiger partial charge < -0.3 is 4.74 Å². The van der Waals surface area contributed by atoms with Gasteiger partial charge in [0.2, 0.25) is 0 Å². The molecule has 1 atom stereocenters. The van der Waals surface area contributed by atoms with Crippen LogP contribution in [0.3, 0.4) is 0 Å². The van der Waals surface area contributed by atoms with Gasteiger partial charge in [-0.1, -0.05) is 24.3 Å². The Labute approximate surface area is 72.7 Å². The van der Waals surface area contributed by atoms with E-state index in [1.165, 1.54) is 16.7 Å². The molecule has 1 heteroatoms. The molecule has 0 saturated heterocycles. The molecule has 2 rings (SSSR count). The molecule has 12 heavy (non-hydrogen) atoms. The zero-order valence-electron chi connectivity index (χ0n) is 7.37. The predicted molar refractivity (Wildman–Crippen MR) is 49.8 cm³/mol. The molecule has 62 valence electrons. The molecule has 1 aliphatic rings. The highest BCUT2D eigenvalue weighted by Gasteiger charge is 2.19. The minimum atomic E-state index is 0.168. The highest BCUT2D eigenvalue weighted by atomic mass is 16.5. The molecule has 0 aliphatic heterocycles. The Morgan fingerprint density at radius 2 is 2.00 bits per heavy atom. The summed E-state index contributed by atoms with van der Waals surface area (Å²) in [5.74, 6) is 0. The van der Waals surface area contributed by atoms with Gasteiger partial charge >= 0.3 is 0 Å². The number of hydrogen-bond donors (Lipinski definition) is 0. The SMILES string of the molecule is CO[C@@H]1C=C(C)c2ccccc21. The molecule has 0 heterocycles. The summed E-state index contributed by atoms with van der Waals surface area (Å²) in [5, 5.41) is 0. The lowest BCUT2D eigenvalue weighted by atomic mass is 10.1. The van der Waals surface area contributed by atoms with Crippen molar-refractivity contribution in [2.75, 3.05) is 7.11 Å². The molecule has 1 aromatic carbocycles. The fraction of sp³-hybridized carbons (Fsp3) is 0.273. The smallest absolute Gasteiger partial charge is 0.101 e. The minimum Gasteiger partial charge on any atom is -0.373 e. The zero-order valence-corrected chi connectivity index (χ0v) is 7.37. The van der Waals surface area contributed by atoms with Crippen molar-refractivity contribution in [3.05, 3.63) is 41.5 Å². The van der Waals surface area contributed by atoms with E-state index in [0.717, 1.165) is 0 Å². The third-order valence-corrected chi connectivity index (χ3v) is 2.35. The van der Waals surface area contributed by atoms with Gasteiger partial charge in [-0.2, -0.15) is 0 Å². The summed E-state index contributed by atoms with van der Waals surface area (Å²) in [4.78, 5) is 0. The normalized spacial score (nSPS) is 20.5. The molecule has 0 saturated carbocycles. The lowest BCUT2D eigenvalue weighted by Crippen LogP contribution is -1.94. The van der Waals surface area contributed by atoms with Crippen LogP contribution in [-0.2, 0) is 4.74 Å². The lowest BCUT2D eigenvalue weighted by molar-refractivity contribution is 0.145. The number of hydrogen-bond acceptors (Lipinski definition) is 1. The van der Waals surface area contributed by atoms with E-state index in [-0.39, 0.29) is 6.10 Å².